The van der Waals surface area contributed by atoms with Crippen molar-refractivity contribution >= 4 is 40.1 Å². The molecular formula is C26H26N4O4S. The minimum atomic E-state index is -0.450. The van der Waals surface area contributed by atoms with Crippen molar-refractivity contribution in [3.8, 4) is 11.4 Å². The molecule has 3 aromatic carbocycles. The summed E-state index contributed by atoms with van der Waals surface area (Å²) < 4.78 is 7.40. The Balaban J connectivity index is 1.68. The maximum atomic E-state index is 12.9. The van der Waals surface area contributed by atoms with Crippen molar-refractivity contribution < 1.29 is 14.5 Å². The monoisotopic (exact) mass is 490 g/mol. The largest absolute Gasteiger partial charge is 0.495 e. The van der Waals surface area contributed by atoms with Crippen LogP contribution in [0.4, 0.5) is 11.4 Å². The Morgan fingerprint density at radius 3 is 2.54 bits per heavy atom. The van der Waals surface area contributed by atoms with Gasteiger partial charge in [0, 0.05) is 17.8 Å². The minimum absolute atomic E-state index is 0.0461. The molecule has 35 heavy (non-hydrogen) atoms. The number of non-ortho nitro benzene ring substituents is 1. The molecule has 4 aromatic rings. The van der Waals surface area contributed by atoms with E-state index in [0.29, 0.717) is 21.9 Å². The number of nitro groups is 1. The topological polar surface area (TPSA) is 99.3 Å². The highest BCUT2D eigenvalue weighted by atomic mass is 32.2. The van der Waals surface area contributed by atoms with Gasteiger partial charge in [-0.1, -0.05) is 62.9 Å². The van der Waals surface area contributed by atoms with E-state index in [9.17, 15) is 14.9 Å². The third kappa shape index (κ3) is 5.14. The fourth-order valence-corrected chi connectivity index (χ4v) is 4.69. The third-order valence-corrected chi connectivity index (χ3v) is 6.42. The quantitative estimate of drug-likeness (QED) is 0.195. The molecule has 4 rings (SSSR count). The molecule has 0 aliphatic heterocycles. The van der Waals surface area contributed by atoms with Gasteiger partial charge in [0.15, 0.2) is 5.16 Å². The molecule has 8 nitrogen and oxygen atoms in total. The van der Waals surface area contributed by atoms with Gasteiger partial charge in [0.1, 0.15) is 5.75 Å². The molecule has 0 spiro atoms. The molecule has 1 N–H and O–H groups in total. The summed E-state index contributed by atoms with van der Waals surface area (Å²) in [6.07, 6.45) is 0. The van der Waals surface area contributed by atoms with E-state index in [1.807, 2.05) is 53.1 Å². The average molecular weight is 491 g/mol. The van der Waals surface area contributed by atoms with Gasteiger partial charge in [0.25, 0.3) is 5.69 Å². The number of hydrogen-bond acceptors (Lipinski definition) is 6. The second-order valence-corrected chi connectivity index (χ2v) is 9.91. The van der Waals surface area contributed by atoms with Crippen molar-refractivity contribution in [3.63, 3.8) is 0 Å². The summed E-state index contributed by atoms with van der Waals surface area (Å²) in [4.78, 5) is 28.4. The van der Waals surface area contributed by atoms with Gasteiger partial charge in [-0.3, -0.25) is 19.5 Å². The number of carbonyl (C=O) groups is 1. The number of para-hydroxylation sites is 3. The van der Waals surface area contributed by atoms with Gasteiger partial charge in [0.2, 0.25) is 5.91 Å². The molecule has 0 atom stereocenters. The van der Waals surface area contributed by atoms with Crippen LogP contribution in [0.15, 0.2) is 71.9 Å². The van der Waals surface area contributed by atoms with Gasteiger partial charge >= 0.3 is 0 Å². The number of thioether (sulfide) groups is 1. The van der Waals surface area contributed by atoms with Crippen LogP contribution in [0, 0.1) is 10.1 Å². The van der Waals surface area contributed by atoms with E-state index in [-0.39, 0.29) is 22.8 Å². The summed E-state index contributed by atoms with van der Waals surface area (Å²) in [5, 5.41) is 14.8. The number of hydrogen-bond donors (Lipinski definition) is 1. The Morgan fingerprint density at radius 2 is 1.83 bits per heavy atom. The zero-order chi connectivity index (χ0) is 25.2. The van der Waals surface area contributed by atoms with Gasteiger partial charge in [-0.05, 0) is 35.2 Å². The predicted octanol–water partition coefficient (Wildman–Crippen LogP) is 5.97. The van der Waals surface area contributed by atoms with Gasteiger partial charge < -0.3 is 10.1 Å². The molecule has 0 unspecified atom stereocenters. The maximum Gasteiger partial charge on any atom is 0.271 e. The molecule has 0 fully saturated rings. The number of benzene rings is 3. The van der Waals surface area contributed by atoms with Gasteiger partial charge in [-0.25, -0.2) is 4.98 Å². The van der Waals surface area contributed by atoms with E-state index in [2.05, 4.69) is 31.1 Å². The smallest absolute Gasteiger partial charge is 0.271 e. The number of ether oxygens (including phenoxy) is 1. The molecule has 1 heterocycles. The molecule has 180 valence electrons. The van der Waals surface area contributed by atoms with E-state index in [1.165, 1.54) is 23.9 Å². The Bertz CT molecular complexity index is 1410. The van der Waals surface area contributed by atoms with Crippen LogP contribution < -0.4 is 10.1 Å². The maximum absolute atomic E-state index is 12.9. The molecule has 1 aromatic heterocycles. The van der Waals surface area contributed by atoms with Crippen LogP contribution in [0.1, 0.15) is 26.3 Å². The molecule has 0 aliphatic carbocycles. The summed E-state index contributed by atoms with van der Waals surface area (Å²) in [7, 11) is 1.58. The molecule has 0 saturated heterocycles. The summed E-state index contributed by atoms with van der Waals surface area (Å²) in [5.41, 5.74) is 3.53. The number of anilines is 1. The minimum Gasteiger partial charge on any atom is -0.495 e. The van der Waals surface area contributed by atoms with Gasteiger partial charge in [0.05, 0.1) is 34.5 Å². The van der Waals surface area contributed by atoms with E-state index in [0.717, 1.165) is 16.9 Å². The lowest BCUT2D eigenvalue weighted by Crippen LogP contribution is -2.20. The molecular weight excluding hydrogens is 464 g/mol. The number of carbonyl (C=O) groups excluding carboxylic acids is 1. The Hall–Kier alpha value is -3.85. The number of fused-ring (bicyclic) bond motifs is 1. The van der Waals surface area contributed by atoms with Crippen LogP contribution >= 0.6 is 11.8 Å². The van der Waals surface area contributed by atoms with E-state index >= 15 is 0 Å². The molecule has 1 amide bonds. The van der Waals surface area contributed by atoms with Crippen molar-refractivity contribution in [1.29, 1.82) is 0 Å². The molecule has 0 radical (unpaired) electrons. The van der Waals surface area contributed by atoms with E-state index < -0.39 is 4.92 Å². The number of aromatic nitrogens is 2. The first-order valence-corrected chi connectivity index (χ1v) is 12.0. The fourth-order valence-electron chi connectivity index (χ4n) is 3.87. The van der Waals surface area contributed by atoms with Crippen molar-refractivity contribution in [1.82, 2.24) is 9.55 Å². The SMILES string of the molecule is COc1ccccc1-n1c(SCC(=O)Nc2ccccc2C(C)(C)C)nc2cc([N+](=O)[O-])ccc21. The molecule has 0 bridgehead atoms. The average Bonchev–Trinajstić information content (AvgIpc) is 3.19. The highest BCUT2D eigenvalue weighted by molar-refractivity contribution is 7.99. The Labute approximate surface area is 207 Å². The number of nitro benzene ring substituents is 1. The fraction of sp³-hybridized carbons (Fsp3) is 0.231. The number of nitrogens with one attached hydrogen (secondary N) is 1. The second-order valence-electron chi connectivity index (χ2n) is 8.96. The van der Waals surface area contributed by atoms with Crippen LogP contribution in [0.5, 0.6) is 5.75 Å². The van der Waals surface area contributed by atoms with Gasteiger partial charge in [-0.2, -0.15) is 0 Å². The summed E-state index contributed by atoms with van der Waals surface area (Å²) >= 11 is 1.26. The predicted molar refractivity (Wildman–Crippen MR) is 139 cm³/mol. The zero-order valence-corrected chi connectivity index (χ0v) is 20.8. The van der Waals surface area contributed by atoms with Crippen LogP contribution in [0.3, 0.4) is 0 Å². The zero-order valence-electron chi connectivity index (χ0n) is 19.9. The standard InChI is InChI=1S/C26H26N4O4S/c1-26(2,3)18-9-5-6-10-19(18)27-24(31)16-35-25-28-20-15-17(30(32)33)13-14-21(20)29(25)22-11-7-8-12-23(22)34-4/h5-15H,16H2,1-4H3,(H,27,31). The van der Waals surface area contributed by atoms with Crippen molar-refractivity contribution in [3.05, 3.63) is 82.4 Å². The van der Waals surface area contributed by atoms with Crippen LogP contribution in [0.2, 0.25) is 0 Å². The number of methoxy groups -OCH3 is 1. The lowest BCUT2D eigenvalue weighted by Gasteiger charge is -2.23. The van der Waals surface area contributed by atoms with Crippen LogP contribution in [-0.2, 0) is 10.2 Å². The third-order valence-electron chi connectivity index (χ3n) is 5.49. The lowest BCUT2D eigenvalue weighted by atomic mass is 9.86. The van der Waals surface area contributed by atoms with E-state index in [4.69, 9.17) is 4.74 Å². The first kappa shape index (κ1) is 24.3. The first-order valence-electron chi connectivity index (χ1n) is 11.0. The number of amides is 1. The number of nitrogens with zero attached hydrogens (tertiary/aromatic N) is 3. The summed E-state index contributed by atoms with van der Waals surface area (Å²) in [5.74, 6) is 0.561. The summed E-state index contributed by atoms with van der Waals surface area (Å²) in [6, 6.07) is 19.7. The van der Waals surface area contributed by atoms with Crippen molar-refractivity contribution in [2.75, 3.05) is 18.2 Å². The van der Waals surface area contributed by atoms with Crippen molar-refractivity contribution in [2.24, 2.45) is 0 Å². The normalized spacial score (nSPS) is 11.4. The highest BCUT2D eigenvalue weighted by Crippen LogP contribution is 2.34. The molecule has 9 heteroatoms. The lowest BCUT2D eigenvalue weighted by molar-refractivity contribution is -0.384. The number of rotatable bonds is 7. The molecule has 0 saturated carbocycles. The van der Waals surface area contributed by atoms with E-state index in [1.54, 1.807) is 13.2 Å². The Morgan fingerprint density at radius 1 is 1.11 bits per heavy atom. The molecule has 0 aliphatic rings. The van der Waals surface area contributed by atoms with Crippen LogP contribution in [0.25, 0.3) is 16.7 Å². The Kier molecular flexibility index (Phi) is 6.79. The first-order chi connectivity index (χ1) is 16.7. The highest BCUT2D eigenvalue weighted by Gasteiger charge is 2.21. The number of imidazole rings is 1. The van der Waals surface area contributed by atoms with Crippen LogP contribution in [-0.4, -0.2) is 33.2 Å². The second kappa shape index (κ2) is 9.79. The van der Waals surface area contributed by atoms with Crippen molar-refractivity contribution in [2.45, 2.75) is 31.3 Å². The van der Waals surface area contributed by atoms with Gasteiger partial charge in [-0.15, -0.1) is 0 Å². The summed E-state index contributed by atoms with van der Waals surface area (Å²) in [6.45, 7) is 6.30.